The number of amides is 1. The fourth-order valence-electron chi connectivity index (χ4n) is 3.65. The summed E-state index contributed by atoms with van der Waals surface area (Å²) in [5.74, 6) is -0.291. The Bertz CT molecular complexity index is 819. The molecule has 2 fully saturated rings. The minimum absolute atomic E-state index is 0.0553. The Hall–Kier alpha value is -1.97. The van der Waals surface area contributed by atoms with E-state index in [0.717, 1.165) is 25.7 Å². The van der Waals surface area contributed by atoms with Gasteiger partial charge in [-0.25, -0.2) is 4.79 Å². The van der Waals surface area contributed by atoms with Crippen LogP contribution in [0.1, 0.15) is 51.3 Å². The fourth-order valence-corrected chi connectivity index (χ4v) is 3.65. The summed E-state index contributed by atoms with van der Waals surface area (Å²) in [6, 6.07) is -0.540. The van der Waals surface area contributed by atoms with Crippen molar-refractivity contribution in [2.45, 2.75) is 70.4 Å². The summed E-state index contributed by atoms with van der Waals surface area (Å²) in [4.78, 5) is 39.0. The van der Waals surface area contributed by atoms with Gasteiger partial charge in [-0.2, -0.15) is 0 Å². The molecular formula is C19H29N3O6. The van der Waals surface area contributed by atoms with Crippen LogP contribution < -0.4 is 16.6 Å². The molecule has 0 aliphatic carbocycles. The molecule has 1 aromatic rings. The lowest BCUT2D eigenvalue weighted by molar-refractivity contribution is -0.177. The van der Waals surface area contributed by atoms with Gasteiger partial charge in [0, 0.05) is 25.0 Å². The number of ether oxygens (including phenoxy) is 3. The third kappa shape index (κ3) is 3.66. The molecule has 3 heterocycles. The lowest BCUT2D eigenvalue weighted by Gasteiger charge is -2.30. The molecule has 9 nitrogen and oxygen atoms in total. The number of aromatic nitrogens is 2. The number of aromatic amines is 1. The summed E-state index contributed by atoms with van der Waals surface area (Å²) >= 11 is 0. The van der Waals surface area contributed by atoms with Crippen molar-refractivity contribution in [2.75, 3.05) is 19.8 Å². The Morgan fingerprint density at radius 1 is 1.18 bits per heavy atom. The molecule has 2 aliphatic heterocycles. The first-order chi connectivity index (χ1) is 13.4. The van der Waals surface area contributed by atoms with Crippen molar-refractivity contribution in [1.29, 1.82) is 0 Å². The maximum absolute atomic E-state index is 12.7. The summed E-state index contributed by atoms with van der Waals surface area (Å²) in [6.45, 7) is 6.78. The smallest absolute Gasteiger partial charge is 0.330 e. The second kappa shape index (κ2) is 8.59. The Morgan fingerprint density at radius 3 is 2.61 bits per heavy atom. The molecule has 0 aromatic carbocycles. The highest BCUT2D eigenvalue weighted by Crippen LogP contribution is 2.44. The fraction of sp³-hybridized carbons (Fsp3) is 0.737. The van der Waals surface area contributed by atoms with Crippen molar-refractivity contribution in [1.82, 2.24) is 14.9 Å². The quantitative estimate of drug-likeness (QED) is 0.562. The largest absolute Gasteiger partial charge is 0.378 e. The third-order valence-electron chi connectivity index (χ3n) is 5.28. The minimum Gasteiger partial charge on any atom is -0.378 e. The number of nitrogens with one attached hydrogen (secondary N) is 2. The Morgan fingerprint density at radius 2 is 1.89 bits per heavy atom. The van der Waals surface area contributed by atoms with Gasteiger partial charge in [0.2, 0.25) is 0 Å². The van der Waals surface area contributed by atoms with Crippen LogP contribution in [0.3, 0.4) is 0 Å². The van der Waals surface area contributed by atoms with Crippen LogP contribution in [0, 0.1) is 6.92 Å². The highest BCUT2D eigenvalue weighted by atomic mass is 16.6. The molecule has 1 amide bonds. The van der Waals surface area contributed by atoms with Gasteiger partial charge in [-0.3, -0.25) is 19.1 Å². The molecule has 2 unspecified atom stereocenters. The second-order valence-electron chi connectivity index (χ2n) is 7.43. The summed E-state index contributed by atoms with van der Waals surface area (Å²) in [5.41, 5.74) is -1.95. The van der Waals surface area contributed by atoms with E-state index < -0.39 is 35.2 Å². The molecule has 2 saturated heterocycles. The molecule has 9 heteroatoms. The topological polar surface area (TPSA) is 112 Å². The van der Waals surface area contributed by atoms with Gasteiger partial charge < -0.3 is 19.5 Å². The predicted octanol–water partition coefficient (Wildman–Crippen LogP) is 0.613. The monoisotopic (exact) mass is 395 g/mol. The lowest BCUT2D eigenvalue weighted by Crippen LogP contribution is -2.53. The molecule has 1 aromatic heterocycles. The Balaban J connectivity index is 1.90. The summed E-state index contributed by atoms with van der Waals surface area (Å²) in [5, 5.41) is 2.90. The van der Waals surface area contributed by atoms with Crippen molar-refractivity contribution in [3.05, 3.63) is 32.6 Å². The number of fused-ring (bicyclic) bond motifs is 2. The van der Waals surface area contributed by atoms with E-state index in [1.54, 1.807) is 6.92 Å². The molecule has 156 valence electrons. The number of nitrogens with zero attached hydrogens (tertiary/aromatic N) is 1. The summed E-state index contributed by atoms with van der Waals surface area (Å²) < 4.78 is 19.2. The molecular weight excluding hydrogens is 366 g/mol. The molecule has 3 rings (SSSR count). The molecule has 2 N–H and O–H groups in total. The van der Waals surface area contributed by atoms with E-state index in [1.807, 2.05) is 0 Å². The van der Waals surface area contributed by atoms with Crippen LogP contribution in [0.25, 0.3) is 0 Å². The average Bonchev–Trinajstić information content (AvgIpc) is 3.10. The Kier molecular flexibility index (Phi) is 6.36. The number of hydrogen-bond acceptors (Lipinski definition) is 6. The van der Waals surface area contributed by atoms with Crippen LogP contribution in [-0.4, -0.2) is 53.0 Å². The zero-order valence-electron chi connectivity index (χ0n) is 16.7. The lowest BCUT2D eigenvalue weighted by atomic mass is 9.99. The second-order valence-corrected chi connectivity index (χ2v) is 7.43. The number of rotatable bonds is 10. The van der Waals surface area contributed by atoms with Gasteiger partial charge in [0.1, 0.15) is 12.1 Å². The van der Waals surface area contributed by atoms with Crippen LogP contribution in [0.2, 0.25) is 0 Å². The van der Waals surface area contributed by atoms with Crippen molar-refractivity contribution < 1.29 is 19.0 Å². The molecule has 2 bridgehead atoms. The van der Waals surface area contributed by atoms with E-state index in [9.17, 15) is 14.4 Å². The number of hydrogen-bond donors (Lipinski definition) is 2. The zero-order valence-corrected chi connectivity index (χ0v) is 16.7. The molecule has 4 atom stereocenters. The van der Waals surface area contributed by atoms with Crippen molar-refractivity contribution in [2.24, 2.45) is 0 Å². The molecule has 0 radical (unpaired) electrons. The van der Waals surface area contributed by atoms with E-state index in [4.69, 9.17) is 14.2 Å². The number of carbonyl (C=O) groups excluding carboxylic acids is 1. The third-order valence-corrected chi connectivity index (χ3v) is 5.28. The van der Waals surface area contributed by atoms with Crippen molar-refractivity contribution in [3.63, 3.8) is 0 Å². The van der Waals surface area contributed by atoms with Gasteiger partial charge in [-0.15, -0.1) is 0 Å². The molecule has 28 heavy (non-hydrogen) atoms. The number of H-pyrrole nitrogens is 1. The highest BCUT2D eigenvalue weighted by molar-refractivity contribution is 5.90. The van der Waals surface area contributed by atoms with Crippen LogP contribution >= 0.6 is 0 Å². The zero-order chi connectivity index (χ0) is 20.3. The first-order valence-electron chi connectivity index (χ1n) is 9.94. The predicted molar refractivity (Wildman–Crippen MR) is 101 cm³/mol. The average molecular weight is 395 g/mol. The van der Waals surface area contributed by atoms with Crippen LogP contribution in [0.4, 0.5) is 0 Å². The number of aryl methyl sites for hydroxylation is 1. The standard InChI is InChI=1S/C19H29N3O6/c1-4-6-8-26-11-19-14(27-9-7-5-2)13(20-17(19)24)16(28-19)22-10-12(3)15(23)21-18(22)25/h10,13-14,16H,4-9,11H2,1-3H3,(H,20,24)(H,21,23,25)/t13?,14?,16-,19+/m1/s1. The first-order valence-corrected chi connectivity index (χ1v) is 9.94. The van der Waals surface area contributed by atoms with Gasteiger partial charge in [-0.1, -0.05) is 26.7 Å². The van der Waals surface area contributed by atoms with E-state index >= 15 is 0 Å². The van der Waals surface area contributed by atoms with E-state index in [1.165, 1.54) is 10.8 Å². The van der Waals surface area contributed by atoms with E-state index in [-0.39, 0.29) is 12.5 Å². The Labute approximate surface area is 163 Å². The maximum Gasteiger partial charge on any atom is 0.330 e. The molecule has 2 aliphatic rings. The summed E-state index contributed by atoms with van der Waals surface area (Å²) in [7, 11) is 0. The number of carbonyl (C=O) groups is 1. The van der Waals surface area contributed by atoms with Crippen LogP contribution in [-0.2, 0) is 19.0 Å². The van der Waals surface area contributed by atoms with E-state index in [2.05, 4.69) is 24.1 Å². The summed E-state index contributed by atoms with van der Waals surface area (Å²) in [6.07, 6.45) is 3.78. The van der Waals surface area contributed by atoms with Crippen molar-refractivity contribution in [3.8, 4) is 0 Å². The van der Waals surface area contributed by atoms with Crippen LogP contribution in [0.15, 0.2) is 15.8 Å². The number of unbranched alkanes of at least 4 members (excludes halogenated alkanes) is 2. The minimum atomic E-state index is -1.31. The SMILES string of the molecule is CCCCOC[C@@]12O[C@@H](n3cc(C)c(=O)[nH]c3=O)C(NC1=O)C2OCCCC. The molecule has 0 spiro atoms. The van der Waals surface area contributed by atoms with E-state index in [0.29, 0.717) is 18.8 Å². The van der Waals surface area contributed by atoms with Gasteiger partial charge in [-0.05, 0) is 19.8 Å². The van der Waals surface area contributed by atoms with Gasteiger partial charge in [0.05, 0.1) is 6.61 Å². The van der Waals surface area contributed by atoms with Gasteiger partial charge in [0.25, 0.3) is 11.5 Å². The van der Waals surface area contributed by atoms with Gasteiger partial charge >= 0.3 is 5.69 Å². The highest BCUT2D eigenvalue weighted by Gasteiger charge is 2.67. The first kappa shape index (κ1) is 20.8. The molecule has 0 saturated carbocycles. The maximum atomic E-state index is 12.7. The van der Waals surface area contributed by atoms with Gasteiger partial charge in [0.15, 0.2) is 11.8 Å². The normalized spacial score (nSPS) is 28.7. The number of morpholine rings is 1. The van der Waals surface area contributed by atoms with Crippen molar-refractivity contribution >= 4 is 5.91 Å². The van der Waals surface area contributed by atoms with Crippen LogP contribution in [0.5, 0.6) is 0 Å².